The summed E-state index contributed by atoms with van der Waals surface area (Å²) in [4.78, 5) is 0. The van der Waals surface area contributed by atoms with Crippen molar-refractivity contribution in [3.63, 3.8) is 0 Å². The maximum Gasteiger partial charge on any atom is 0.0687 e. The van der Waals surface area contributed by atoms with Gasteiger partial charge in [-0.15, -0.1) is 0 Å². The molecule has 2 unspecified atom stereocenters. The van der Waals surface area contributed by atoms with Crippen molar-refractivity contribution in [3.8, 4) is 0 Å². The molecule has 2 nitrogen and oxygen atoms in total. The summed E-state index contributed by atoms with van der Waals surface area (Å²) in [6, 6.07) is 0. The molecule has 0 amide bonds. The average molecular weight is 211 g/mol. The molecule has 0 bridgehead atoms. The van der Waals surface area contributed by atoms with Crippen molar-refractivity contribution in [2.75, 3.05) is 6.54 Å². The minimum Gasteiger partial charge on any atom is -0.372 e. The third kappa shape index (κ3) is 2.73. The normalized spacial score (nSPS) is 31.2. The fraction of sp³-hybridized carbons (Fsp3) is 1.00. The highest BCUT2D eigenvalue weighted by Crippen LogP contribution is 2.44. The van der Waals surface area contributed by atoms with E-state index in [0.29, 0.717) is 17.6 Å². The van der Waals surface area contributed by atoms with E-state index in [-0.39, 0.29) is 0 Å². The van der Waals surface area contributed by atoms with Crippen molar-refractivity contribution in [1.29, 1.82) is 0 Å². The first-order valence-electron chi connectivity index (χ1n) is 6.62. The SMILES string of the molecule is CC(CN)CCC1CCC2(CCCC2)O1. The second-order valence-corrected chi connectivity index (χ2v) is 5.59. The zero-order valence-electron chi connectivity index (χ0n) is 10.0. The summed E-state index contributed by atoms with van der Waals surface area (Å²) in [7, 11) is 0. The summed E-state index contributed by atoms with van der Waals surface area (Å²) in [5, 5.41) is 0. The van der Waals surface area contributed by atoms with Crippen LogP contribution in [0.15, 0.2) is 0 Å². The van der Waals surface area contributed by atoms with Crippen LogP contribution < -0.4 is 5.73 Å². The Bertz CT molecular complexity index is 199. The second kappa shape index (κ2) is 4.84. The van der Waals surface area contributed by atoms with Crippen LogP contribution in [0.4, 0.5) is 0 Å². The van der Waals surface area contributed by atoms with Crippen LogP contribution in [0.5, 0.6) is 0 Å². The predicted octanol–water partition coefficient (Wildman–Crippen LogP) is 2.85. The van der Waals surface area contributed by atoms with Gasteiger partial charge in [-0.25, -0.2) is 0 Å². The van der Waals surface area contributed by atoms with Crippen LogP contribution in [0.1, 0.15) is 58.3 Å². The van der Waals surface area contributed by atoms with E-state index >= 15 is 0 Å². The minimum atomic E-state index is 0.316. The van der Waals surface area contributed by atoms with Gasteiger partial charge in [-0.1, -0.05) is 19.8 Å². The zero-order valence-corrected chi connectivity index (χ0v) is 10.0. The molecule has 0 aromatic carbocycles. The summed E-state index contributed by atoms with van der Waals surface area (Å²) < 4.78 is 6.26. The fourth-order valence-corrected chi connectivity index (χ4v) is 3.07. The first-order chi connectivity index (χ1) is 7.24. The number of rotatable bonds is 4. The van der Waals surface area contributed by atoms with Crippen molar-refractivity contribution in [3.05, 3.63) is 0 Å². The Hall–Kier alpha value is -0.0800. The Morgan fingerprint density at radius 2 is 2.07 bits per heavy atom. The molecule has 1 spiro atoms. The smallest absolute Gasteiger partial charge is 0.0687 e. The van der Waals surface area contributed by atoms with E-state index < -0.39 is 0 Å². The summed E-state index contributed by atoms with van der Waals surface area (Å²) in [5.74, 6) is 0.661. The molecule has 1 saturated carbocycles. The van der Waals surface area contributed by atoms with Gasteiger partial charge in [0.2, 0.25) is 0 Å². The maximum absolute atomic E-state index is 6.26. The van der Waals surface area contributed by atoms with Crippen molar-refractivity contribution in [2.45, 2.75) is 70.0 Å². The molecular formula is C13H25NO. The lowest BCUT2D eigenvalue weighted by molar-refractivity contribution is -0.0403. The van der Waals surface area contributed by atoms with Crippen LogP contribution >= 0.6 is 0 Å². The summed E-state index contributed by atoms with van der Waals surface area (Å²) >= 11 is 0. The molecule has 15 heavy (non-hydrogen) atoms. The molecule has 88 valence electrons. The third-order valence-corrected chi connectivity index (χ3v) is 4.24. The second-order valence-electron chi connectivity index (χ2n) is 5.59. The lowest BCUT2D eigenvalue weighted by atomic mass is 9.97. The van der Waals surface area contributed by atoms with E-state index in [1.807, 2.05) is 0 Å². The van der Waals surface area contributed by atoms with E-state index in [9.17, 15) is 0 Å². The predicted molar refractivity (Wildman–Crippen MR) is 62.8 cm³/mol. The number of nitrogens with two attached hydrogens (primary N) is 1. The van der Waals surface area contributed by atoms with Crippen LogP contribution in [0.25, 0.3) is 0 Å². The number of hydrogen-bond acceptors (Lipinski definition) is 2. The van der Waals surface area contributed by atoms with E-state index in [4.69, 9.17) is 10.5 Å². The molecule has 0 aromatic heterocycles. The highest BCUT2D eigenvalue weighted by Gasteiger charge is 2.41. The standard InChI is InChI=1S/C13H25NO/c1-11(10-14)4-5-12-6-9-13(15-12)7-2-3-8-13/h11-12H,2-10,14H2,1H3. The highest BCUT2D eigenvalue weighted by molar-refractivity contribution is 4.92. The molecule has 2 rings (SSSR count). The van der Waals surface area contributed by atoms with E-state index in [0.717, 1.165) is 6.54 Å². The first kappa shape index (κ1) is 11.4. The van der Waals surface area contributed by atoms with Gasteiger partial charge in [0.25, 0.3) is 0 Å². The largest absolute Gasteiger partial charge is 0.372 e. The van der Waals surface area contributed by atoms with E-state index in [1.54, 1.807) is 0 Å². The van der Waals surface area contributed by atoms with Gasteiger partial charge < -0.3 is 10.5 Å². The lowest BCUT2D eigenvalue weighted by Gasteiger charge is -2.24. The molecule has 1 saturated heterocycles. The van der Waals surface area contributed by atoms with Crippen molar-refractivity contribution >= 4 is 0 Å². The molecule has 2 heteroatoms. The van der Waals surface area contributed by atoms with Crippen LogP contribution in [0, 0.1) is 5.92 Å². The third-order valence-electron chi connectivity index (χ3n) is 4.24. The quantitative estimate of drug-likeness (QED) is 0.776. The molecule has 2 N–H and O–H groups in total. The van der Waals surface area contributed by atoms with Crippen LogP contribution in [-0.4, -0.2) is 18.2 Å². The van der Waals surface area contributed by atoms with Crippen LogP contribution in [0.3, 0.4) is 0 Å². The Kier molecular flexibility index (Phi) is 3.68. The van der Waals surface area contributed by atoms with Gasteiger partial charge in [0, 0.05) is 0 Å². The Balaban J connectivity index is 1.73. The number of hydrogen-bond donors (Lipinski definition) is 1. The molecule has 2 fully saturated rings. The molecule has 2 aliphatic rings. The average Bonchev–Trinajstić information content (AvgIpc) is 2.86. The molecule has 1 aliphatic heterocycles. The van der Waals surface area contributed by atoms with Crippen molar-refractivity contribution < 1.29 is 4.74 Å². The molecular weight excluding hydrogens is 186 g/mol. The molecule has 2 atom stereocenters. The Morgan fingerprint density at radius 3 is 2.73 bits per heavy atom. The fourth-order valence-electron chi connectivity index (χ4n) is 3.07. The van der Waals surface area contributed by atoms with Gasteiger partial charge >= 0.3 is 0 Å². The van der Waals surface area contributed by atoms with Gasteiger partial charge in [0.15, 0.2) is 0 Å². The van der Waals surface area contributed by atoms with Gasteiger partial charge in [-0.05, 0) is 51.0 Å². The summed E-state index contributed by atoms with van der Waals surface area (Å²) in [6.45, 7) is 3.05. The van der Waals surface area contributed by atoms with Gasteiger partial charge in [0.05, 0.1) is 11.7 Å². The molecule has 0 radical (unpaired) electrons. The minimum absolute atomic E-state index is 0.316. The summed E-state index contributed by atoms with van der Waals surface area (Å²) in [6.07, 6.45) is 11.0. The van der Waals surface area contributed by atoms with E-state index in [1.165, 1.54) is 51.4 Å². The lowest BCUT2D eigenvalue weighted by Crippen LogP contribution is -2.25. The Labute approximate surface area is 93.6 Å². The molecule has 1 aliphatic carbocycles. The first-order valence-corrected chi connectivity index (χ1v) is 6.62. The van der Waals surface area contributed by atoms with Gasteiger partial charge in [0.1, 0.15) is 0 Å². The maximum atomic E-state index is 6.26. The van der Waals surface area contributed by atoms with E-state index in [2.05, 4.69) is 6.92 Å². The topological polar surface area (TPSA) is 35.2 Å². The number of ether oxygens (including phenoxy) is 1. The van der Waals surface area contributed by atoms with Crippen LogP contribution in [0.2, 0.25) is 0 Å². The molecule has 1 heterocycles. The Morgan fingerprint density at radius 1 is 1.33 bits per heavy atom. The van der Waals surface area contributed by atoms with Crippen molar-refractivity contribution in [1.82, 2.24) is 0 Å². The van der Waals surface area contributed by atoms with Crippen molar-refractivity contribution in [2.24, 2.45) is 11.7 Å². The van der Waals surface area contributed by atoms with Crippen LogP contribution in [-0.2, 0) is 4.74 Å². The summed E-state index contributed by atoms with van der Waals surface area (Å²) in [5.41, 5.74) is 5.95. The molecule has 0 aromatic rings. The zero-order chi connectivity index (χ0) is 10.7. The van der Waals surface area contributed by atoms with Gasteiger partial charge in [-0.3, -0.25) is 0 Å². The highest BCUT2D eigenvalue weighted by atomic mass is 16.5. The monoisotopic (exact) mass is 211 g/mol. The van der Waals surface area contributed by atoms with Gasteiger partial charge in [-0.2, -0.15) is 0 Å².